The standard InChI is InChI=1S/C24H27N6O8P/c1-2-3-11-25-24(31)29-21-18-22(27-13-26-21)30(14-28-18)23-20-19(16(36-23)12-35-39(32,33)34)37-17(38-20)10-9-15-7-5-4-6-8-15/h4-8,13-14,16-17,19-20,23H,2-3,11-12H2,1H3,(H2,32,33,34)(H2,25,26,27,29,31)/t16-,17?,19?,20+,23-/m1/s1. The minimum Gasteiger partial charge on any atom is -0.347 e. The Bertz CT molecular complexity index is 1420. The Morgan fingerprint density at radius 3 is 2.72 bits per heavy atom. The molecule has 2 aromatic heterocycles. The summed E-state index contributed by atoms with van der Waals surface area (Å²) in [5, 5.41) is 5.43. The molecule has 4 heterocycles. The molecule has 2 amide bonds. The van der Waals surface area contributed by atoms with Crippen molar-refractivity contribution < 1.29 is 37.9 Å². The number of nitrogens with zero attached hydrogens (tertiary/aromatic N) is 4. The molecular weight excluding hydrogens is 531 g/mol. The van der Waals surface area contributed by atoms with Crippen LogP contribution in [0.25, 0.3) is 11.2 Å². The summed E-state index contributed by atoms with van der Waals surface area (Å²) < 4.78 is 35.7. The van der Waals surface area contributed by atoms with Crippen molar-refractivity contribution in [1.82, 2.24) is 24.8 Å². The van der Waals surface area contributed by atoms with Crippen LogP contribution >= 0.6 is 7.82 Å². The second-order valence-electron chi connectivity index (χ2n) is 8.80. The number of benzene rings is 1. The second-order valence-corrected chi connectivity index (χ2v) is 10.0. The van der Waals surface area contributed by atoms with Crippen LogP contribution in [0.4, 0.5) is 10.6 Å². The van der Waals surface area contributed by atoms with Crippen LogP contribution in [-0.2, 0) is 23.3 Å². The second kappa shape index (κ2) is 11.8. The van der Waals surface area contributed by atoms with Gasteiger partial charge in [0.15, 0.2) is 23.2 Å². The van der Waals surface area contributed by atoms with Gasteiger partial charge >= 0.3 is 13.9 Å². The molecule has 0 bridgehead atoms. The molecule has 4 N–H and O–H groups in total. The molecule has 0 aliphatic carbocycles. The molecule has 0 spiro atoms. The first-order valence-electron chi connectivity index (χ1n) is 12.3. The molecule has 1 aromatic carbocycles. The Kier molecular flexibility index (Phi) is 8.20. The molecule has 2 unspecified atom stereocenters. The van der Waals surface area contributed by atoms with Crippen LogP contribution in [0.2, 0.25) is 0 Å². The van der Waals surface area contributed by atoms with E-state index >= 15 is 0 Å². The predicted molar refractivity (Wildman–Crippen MR) is 136 cm³/mol. The van der Waals surface area contributed by atoms with Gasteiger partial charge in [-0.3, -0.25) is 14.4 Å². The summed E-state index contributed by atoms with van der Waals surface area (Å²) in [5.74, 6) is 6.12. The molecule has 5 atom stereocenters. The maximum atomic E-state index is 12.3. The number of ether oxygens (including phenoxy) is 3. The Labute approximate surface area is 223 Å². The van der Waals surface area contributed by atoms with E-state index in [9.17, 15) is 19.1 Å². The van der Waals surface area contributed by atoms with Crippen LogP contribution < -0.4 is 10.6 Å². The van der Waals surface area contributed by atoms with Crippen molar-refractivity contribution >= 4 is 30.8 Å². The molecule has 2 aliphatic heterocycles. The van der Waals surface area contributed by atoms with Gasteiger partial charge in [-0.05, 0) is 24.5 Å². The van der Waals surface area contributed by atoms with E-state index in [1.165, 1.54) is 12.7 Å². The van der Waals surface area contributed by atoms with Crippen molar-refractivity contribution in [2.24, 2.45) is 0 Å². The average molecular weight is 558 g/mol. The summed E-state index contributed by atoms with van der Waals surface area (Å²) >= 11 is 0. The molecule has 15 heteroatoms. The molecule has 2 fully saturated rings. The molecule has 206 valence electrons. The van der Waals surface area contributed by atoms with E-state index in [1.807, 2.05) is 37.3 Å². The third-order valence-electron chi connectivity index (χ3n) is 6.04. The predicted octanol–water partition coefficient (Wildman–Crippen LogP) is 1.92. The number of hydrogen-bond acceptors (Lipinski definition) is 9. The number of phosphoric ester groups is 1. The van der Waals surface area contributed by atoms with Crippen molar-refractivity contribution in [2.75, 3.05) is 18.5 Å². The van der Waals surface area contributed by atoms with Gasteiger partial charge in [0, 0.05) is 12.1 Å². The molecule has 14 nitrogen and oxygen atoms in total. The van der Waals surface area contributed by atoms with E-state index in [0.29, 0.717) is 17.7 Å². The summed E-state index contributed by atoms with van der Waals surface area (Å²) in [6.07, 6.45) is 0.378. The van der Waals surface area contributed by atoms with Crippen LogP contribution in [0.15, 0.2) is 43.0 Å². The molecule has 0 saturated carbocycles. The van der Waals surface area contributed by atoms with Gasteiger partial charge in [-0.25, -0.2) is 24.3 Å². The van der Waals surface area contributed by atoms with E-state index in [2.05, 4.69) is 37.4 Å². The van der Waals surface area contributed by atoms with Crippen molar-refractivity contribution in [3.8, 4) is 11.8 Å². The van der Waals surface area contributed by atoms with Crippen molar-refractivity contribution in [3.63, 3.8) is 0 Å². The zero-order valence-corrected chi connectivity index (χ0v) is 21.7. The quantitative estimate of drug-likeness (QED) is 0.180. The van der Waals surface area contributed by atoms with Crippen LogP contribution in [0.1, 0.15) is 31.6 Å². The first-order valence-corrected chi connectivity index (χ1v) is 13.8. The molecule has 3 aromatic rings. The summed E-state index contributed by atoms with van der Waals surface area (Å²) in [4.78, 5) is 43.5. The number of nitrogens with one attached hydrogen (secondary N) is 2. The fourth-order valence-corrected chi connectivity index (χ4v) is 4.60. The van der Waals surface area contributed by atoms with E-state index in [-0.39, 0.29) is 5.82 Å². The summed E-state index contributed by atoms with van der Waals surface area (Å²) in [6, 6.07) is 8.87. The van der Waals surface area contributed by atoms with E-state index < -0.39 is 51.3 Å². The summed E-state index contributed by atoms with van der Waals surface area (Å²) in [7, 11) is -4.76. The lowest BCUT2D eigenvalue weighted by Crippen LogP contribution is -2.31. The molecular formula is C24H27N6O8P. The van der Waals surface area contributed by atoms with E-state index in [1.54, 1.807) is 4.57 Å². The number of imidazole rings is 1. The summed E-state index contributed by atoms with van der Waals surface area (Å²) in [6.45, 7) is 2.10. The maximum Gasteiger partial charge on any atom is 0.469 e. The third-order valence-corrected chi connectivity index (χ3v) is 6.53. The topological polar surface area (TPSA) is 179 Å². The fourth-order valence-electron chi connectivity index (χ4n) is 4.26. The number of aromatic nitrogens is 4. The van der Waals surface area contributed by atoms with Crippen molar-refractivity contribution in [1.29, 1.82) is 0 Å². The fraction of sp³-hybridized carbons (Fsp3) is 0.417. The molecule has 2 aliphatic rings. The number of hydrogen-bond donors (Lipinski definition) is 4. The van der Waals surface area contributed by atoms with Gasteiger partial charge in [0.25, 0.3) is 0 Å². The number of urea groups is 1. The van der Waals surface area contributed by atoms with Crippen molar-refractivity contribution in [3.05, 3.63) is 48.5 Å². The zero-order chi connectivity index (χ0) is 27.4. The first-order chi connectivity index (χ1) is 18.8. The minimum absolute atomic E-state index is 0.207. The number of anilines is 1. The van der Waals surface area contributed by atoms with Crippen LogP contribution in [0.3, 0.4) is 0 Å². The lowest BCUT2D eigenvalue weighted by molar-refractivity contribution is -0.129. The number of rotatable bonds is 8. The lowest BCUT2D eigenvalue weighted by Gasteiger charge is -2.20. The number of amides is 2. The van der Waals surface area contributed by atoms with E-state index in [4.69, 9.17) is 18.7 Å². The number of phosphoric acid groups is 1. The normalized spacial score (nSPS) is 24.2. The smallest absolute Gasteiger partial charge is 0.347 e. The van der Waals surface area contributed by atoms with Gasteiger partial charge in [0.05, 0.1) is 12.9 Å². The van der Waals surface area contributed by atoms with Crippen LogP contribution in [0.5, 0.6) is 0 Å². The Morgan fingerprint density at radius 2 is 1.95 bits per heavy atom. The van der Waals surface area contributed by atoms with Gasteiger partial charge < -0.3 is 29.3 Å². The Morgan fingerprint density at radius 1 is 1.15 bits per heavy atom. The first kappa shape index (κ1) is 27.2. The number of unbranched alkanes of at least 4 members (excludes halogenated alkanes) is 1. The van der Waals surface area contributed by atoms with Crippen LogP contribution in [-0.4, -0.2) is 73.1 Å². The summed E-state index contributed by atoms with van der Waals surface area (Å²) in [5.41, 5.74) is 1.43. The van der Waals surface area contributed by atoms with Gasteiger partial charge in [-0.15, -0.1) is 0 Å². The highest BCUT2D eigenvalue weighted by molar-refractivity contribution is 7.46. The largest absolute Gasteiger partial charge is 0.469 e. The molecule has 39 heavy (non-hydrogen) atoms. The minimum atomic E-state index is -4.76. The third kappa shape index (κ3) is 6.43. The number of fused-ring (bicyclic) bond motifs is 2. The Balaban J connectivity index is 1.39. The van der Waals surface area contributed by atoms with Crippen molar-refractivity contribution in [2.45, 2.75) is 50.6 Å². The average Bonchev–Trinajstić information content (AvgIpc) is 3.61. The van der Waals surface area contributed by atoms with Gasteiger partial charge in [-0.2, -0.15) is 0 Å². The SMILES string of the molecule is CCCCNC(=O)Nc1ncnc2c1ncn2[C@@H]1O[C@H](COP(=O)(O)O)C2OC(C#Cc3ccccc3)O[C@@H]21. The molecule has 0 radical (unpaired) electrons. The number of carbonyl (C=O) groups is 1. The molecule has 2 saturated heterocycles. The highest BCUT2D eigenvalue weighted by Gasteiger charge is 2.54. The zero-order valence-electron chi connectivity index (χ0n) is 20.8. The number of carbonyl (C=O) groups excluding carboxylic acids is 1. The van der Waals surface area contributed by atoms with Crippen LogP contribution in [0, 0.1) is 11.8 Å². The van der Waals surface area contributed by atoms with Gasteiger partial charge in [0.1, 0.15) is 24.6 Å². The highest BCUT2D eigenvalue weighted by Crippen LogP contribution is 2.43. The van der Waals surface area contributed by atoms with Gasteiger partial charge in [-0.1, -0.05) is 37.5 Å². The maximum absolute atomic E-state index is 12.3. The van der Waals surface area contributed by atoms with Gasteiger partial charge in [0.2, 0.25) is 6.29 Å². The Hall–Kier alpha value is -3.41. The molecule has 5 rings (SSSR count). The lowest BCUT2D eigenvalue weighted by atomic mass is 10.1. The highest BCUT2D eigenvalue weighted by atomic mass is 31.2. The monoisotopic (exact) mass is 558 g/mol. The van der Waals surface area contributed by atoms with E-state index in [0.717, 1.165) is 18.4 Å².